The van der Waals surface area contributed by atoms with Crippen molar-refractivity contribution in [3.8, 4) is 22.5 Å². The number of aromatic nitrogens is 4. The van der Waals surface area contributed by atoms with Gasteiger partial charge in [0.2, 0.25) is 11.7 Å². The summed E-state index contributed by atoms with van der Waals surface area (Å²) in [7, 11) is 0. The minimum atomic E-state index is -0.118. The Morgan fingerprint density at radius 2 is 1.64 bits per heavy atom. The van der Waals surface area contributed by atoms with E-state index in [4.69, 9.17) is 5.73 Å². The zero-order valence-corrected chi connectivity index (χ0v) is 20.3. The Morgan fingerprint density at radius 1 is 0.917 bits per heavy atom. The van der Waals surface area contributed by atoms with Crippen LogP contribution in [0.4, 0.5) is 0 Å². The molecule has 1 fully saturated rings. The molecule has 0 aliphatic heterocycles. The van der Waals surface area contributed by atoms with E-state index in [1.165, 1.54) is 5.56 Å². The summed E-state index contributed by atoms with van der Waals surface area (Å²) < 4.78 is 0. The summed E-state index contributed by atoms with van der Waals surface area (Å²) in [4.78, 5) is 13.3. The molecule has 184 valence electrons. The average Bonchev–Trinajstić information content (AvgIpc) is 3.49. The quantitative estimate of drug-likeness (QED) is 0.339. The summed E-state index contributed by atoms with van der Waals surface area (Å²) in [6.07, 6.45) is 4.62. The van der Waals surface area contributed by atoms with Crippen molar-refractivity contribution in [3.05, 3.63) is 90.0 Å². The highest BCUT2D eigenvalue weighted by molar-refractivity contribution is 5.79. The predicted molar refractivity (Wildman–Crippen MR) is 141 cm³/mol. The first-order valence-corrected chi connectivity index (χ1v) is 12.7. The highest BCUT2D eigenvalue weighted by atomic mass is 16.1. The molecule has 1 saturated carbocycles. The molecule has 1 unspecified atom stereocenters. The molecule has 0 bridgehead atoms. The topological polar surface area (TPSA) is 110 Å². The van der Waals surface area contributed by atoms with Crippen molar-refractivity contribution in [2.75, 3.05) is 6.54 Å². The second-order valence-electron chi connectivity index (χ2n) is 9.65. The van der Waals surface area contributed by atoms with Crippen LogP contribution in [0, 0.1) is 11.8 Å². The minimum Gasteiger partial charge on any atom is -0.349 e. The fourth-order valence-corrected chi connectivity index (χ4v) is 5.11. The van der Waals surface area contributed by atoms with Crippen molar-refractivity contribution < 1.29 is 4.79 Å². The van der Waals surface area contributed by atoms with Crippen LogP contribution in [0.5, 0.6) is 0 Å². The van der Waals surface area contributed by atoms with Crippen molar-refractivity contribution in [2.45, 2.75) is 38.1 Å². The molecule has 4 N–H and O–H groups in total. The number of nitrogens with one attached hydrogen (secondary N) is 2. The second-order valence-corrected chi connectivity index (χ2v) is 9.65. The monoisotopic (exact) mass is 480 g/mol. The SMILES string of the molecule is NCC1CCC(C(=O)NC(Cc2ccccc2)c2cccc(-c3cccc(-c4nn[nH]n4)c3)c2)CC1. The smallest absolute Gasteiger partial charge is 0.223 e. The summed E-state index contributed by atoms with van der Waals surface area (Å²) in [6.45, 7) is 0.714. The number of nitrogens with two attached hydrogens (primary N) is 1. The number of rotatable bonds is 8. The zero-order chi connectivity index (χ0) is 24.7. The number of aromatic amines is 1. The van der Waals surface area contributed by atoms with Gasteiger partial charge in [0.05, 0.1) is 6.04 Å². The molecule has 7 heteroatoms. The molecule has 1 amide bonds. The van der Waals surface area contributed by atoms with Crippen LogP contribution in [0.2, 0.25) is 0 Å². The Labute approximate surface area is 211 Å². The van der Waals surface area contributed by atoms with Crippen molar-refractivity contribution in [1.82, 2.24) is 25.9 Å². The molecule has 4 aromatic rings. The molecule has 1 heterocycles. The van der Waals surface area contributed by atoms with Gasteiger partial charge in [0.15, 0.2) is 0 Å². The lowest BCUT2D eigenvalue weighted by Gasteiger charge is -2.29. The van der Waals surface area contributed by atoms with Crippen molar-refractivity contribution in [2.24, 2.45) is 17.6 Å². The van der Waals surface area contributed by atoms with Gasteiger partial charge in [-0.1, -0.05) is 66.7 Å². The van der Waals surface area contributed by atoms with Gasteiger partial charge in [-0.25, -0.2) is 0 Å². The van der Waals surface area contributed by atoms with Gasteiger partial charge in [-0.3, -0.25) is 4.79 Å². The molecule has 1 aliphatic rings. The molecule has 0 radical (unpaired) electrons. The third kappa shape index (κ3) is 5.69. The van der Waals surface area contributed by atoms with Gasteiger partial charge < -0.3 is 11.1 Å². The average molecular weight is 481 g/mol. The largest absolute Gasteiger partial charge is 0.349 e. The number of nitrogens with zero attached hydrogens (tertiary/aromatic N) is 3. The van der Waals surface area contributed by atoms with E-state index in [9.17, 15) is 4.79 Å². The van der Waals surface area contributed by atoms with E-state index in [2.05, 4.69) is 74.5 Å². The molecule has 7 nitrogen and oxygen atoms in total. The Kier molecular flexibility index (Phi) is 7.47. The van der Waals surface area contributed by atoms with Gasteiger partial charge in [0.25, 0.3) is 0 Å². The lowest BCUT2D eigenvalue weighted by Crippen LogP contribution is -2.37. The zero-order valence-electron chi connectivity index (χ0n) is 20.3. The molecule has 3 aromatic carbocycles. The van der Waals surface area contributed by atoms with Crippen molar-refractivity contribution in [3.63, 3.8) is 0 Å². The van der Waals surface area contributed by atoms with Crippen LogP contribution in [0.15, 0.2) is 78.9 Å². The Bertz CT molecular complexity index is 1270. The number of hydrogen-bond acceptors (Lipinski definition) is 5. The van der Waals surface area contributed by atoms with E-state index >= 15 is 0 Å². The molecular formula is C29H32N6O. The Hall–Kier alpha value is -3.84. The number of hydrogen-bond donors (Lipinski definition) is 3. The maximum Gasteiger partial charge on any atom is 0.223 e. The van der Waals surface area contributed by atoms with Crippen LogP contribution < -0.4 is 11.1 Å². The van der Waals surface area contributed by atoms with Gasteiger partial charge in [-0.15, -0.1) is 10.2 Å². The molecule has 0 spiro atoms. The van der Waals surface area contributed by atoms with E-state index in [-0.39, 0.29) is 17.9 Å². The number of carbonyl (C=O) groups excluding carboxylic acids is 1. The molecule has 0 saturated heterocycles. The van der Waals surface area contributed by atoms with Gasteiger partial charge in [-0.2, -0.15) is 5.21 Å². The molecule has 1 aromatic heterocycles. The summed E-state index contributed by atoms with van der Waals surface area (Å²) >= 11 is 0. The number of benzene rings is 3. The normalized spacial score (nSPS) is 18.5. The van der Waals surface area contributed by atoms with E-state index < -0.39 is 0 Å². The van der Waals surface area contributed by atoms with Crippen LogP contribution in [0.25, 0.3) is 22.5 Å². The van der Waals surface area contributed by atoms with Crippen LogP contribution in [0.1, 0.15) is 42.9 Å². The fourth-order valence-electron chi connectivity index (χ4n) is 5.11. The second kappa shape index (κ2) is 11.3. The fraction of sp³-hybridized carbons (Fsp3) is 0.310. The van der Waals surface area contributed by atoms with Crippen LogP contribution in [0.3, 0.4) is 0 Å². The van der Waals surface area contributed by atoms with Crippen molar-refractivity contribution in [1.29, 1.82) is 0 Å². The summed E-state index contributed by atoms with van der Waals surface area (Å²) in [5, 5.41) is 17.8. The molecular weight excluding hydrogens is 448 g/mol. The number of amides is 1. The van der Waals surface area contributed by atoms with Crippen LogP contribution in [-0.4, -0.2) is 33.1 Å². The Balaban J connectivity index is 1.40. The molecule has 1 aliphatic carbocycles. The van der Waals surface area contributed by atoms with Crippen molar-refractivity contribution >= 4 is 5.91 Å². The first kappa shape index (κ1) is 23.9. The lowest BCUT2D eigenvalue weighted by molar-refractivity contribution is -0.127. The standard InChI is InChI=1S/C29H32N6O/c30-19-21-12-14-22(15-13-21)29(36)31-27(16-20-6-2-1-3-7-20)25-10-4-8-23(17-25)24-9-5-11-26(18-24)28-32-34-35-33-28/h1-11,17-18,21-22,27H,12-16,19,30H2,(H,31,36)(H,32,33,34,35). The number of carbonyl (C=O) groups is 1. The van der Waals surface area contributed by atoms with E-state index in [0.717, 1.165) is 54.4 Å². The number of tetrazole rings is 1. The highest BCUT2D eigenvalue weighted by Crippen LogP contribution is 2.31. The summed E-state index contributed by atoms with van der Waals surface area (Å²) in [5.41, 5.74) is 11.2. The van der Waals surface area contributed by atoms with E-state index in [1.807, 2.05) is 30.3 Å². The first-order valence-electron chi connectivity index (χ1n) is 12.7. The maximum atomic E-state index is 13.3. The summed E-state index contributed by atoms with van der Waals surface area (Å²) in [5.74, 6) is 1.32. The first-order chi connectivity index (χ1) is 17.7. The van der Waals surface area contributed by atoms with Gasteiger partial charge >= 0.3 is 0 Å². The van der Waals surface area contributed by atoms with E-state index in [0.29, 0.717) is 18.3 Å². The van der Waals surface area contributed by atoms with Gasteiger partial charge in [-0.05, 0) is 84.2 Å². The maximum absolute atomic E-state index is 13.3. The third-order valence-electron chi connectivity index (χ3n) is 7.24. The molecule has 36 heavy (non-hydrogen) atoms. The van der Waals surface area contributed by atoms with E-state index in [1.54, 1.807) is 0 Å². The Morgan fingerprint density at radius 3 is 2.36 bits per heavy atom. The number of H-pyrrole nitrogens is 1. The predicted octanol–water partition coefficient (Wildman–Crippen LogP) is 4.70. The molecule has 1 atom stereocenters. The van der Waals surface area contributed by atoms with Gasteiger partial charge in [0.1, 0.15) is 0 Å². The van der Waals surface area contributed by atoms with Gasteiger partial charge in [0, 0.05) is 11.5 Å². The summed E-state index contributed by atoms with van der Waals surface area (Å²) in [6, 6.07) is 26.7. The lowest BCUT2D eigenvalue weighted by atomic mass is 9.81. The van der Waals surface area contributed by atoms with Crippen LogP contribution in [-0.2, 0) is 11.2 Å². The van der Waals surface area contributed by atoms with Crippen LogP contribution >= 0.6 is 0 Å². The molecule has 5 rings (SSSR count). The third-order valence-corrected chi connectivity index (χ3v) is 7.24. The minimum absolute atomic E-state index is 0.0564. The highest BCUT2D eigenvalue weighted by Gasteiger charge is 2.27.